The van der Waals surface area contributed by atoms with E-state index < -0.39 is 0 Å². The lowest BCUT2D eigenvalue weighted by Gasteiger charge is -2.18. The number of carbonyl (C=O) groups excluding carboxylic acids is 1. The van der Waals surface area contributed by atoms with Gasteiger partial charge in [-0.25, -0.2) is 4.68 Å². The zero-order chi connectivity index (χ0) is 19.7. The van der Waals surface area contributed by atoms with Crippen molar-refractivity contribution in [1.29, 1.82) is 0 Å². The SMILES string of the molecule is Cc1nn(-c2ccc(C(=O)N3CCC(Nc4ccccc4)C3)cc2)c(C)c1Br. The number of halogens is 1. The largest absolute Gasteiger partial charge is 0.380 e. The quantitative estimate of drug-likeness (QED) is 0.648. The molecule has 28 heavy (non-hydrogen) atoms. The number of nitrogens with one attached hydrogen (secondary N) is 1. The number of rotatable bonds is 4. The Morgan fingerprint density at radius 1 is 1.11 bits per heavy atom. The molecule has 1 fully saturated rings. The van der Waals surface area contributed by atoms with Crippen LogP contribution in [0.5, 0.6) is 0 Å². The standard InChI is InChI=1S/C22H23BrN4O/c1-15-21(23)16(2)27(25-15)20-10-8-17(9-11-20)22(28)26-13-12-19(14-26)24-18-6-4-3-5-7-18/h3-11,19,24H,12-14H2,1-2H3. The number of aromatic nitrogens is 2. The number of likely N-dealkylation sites (tertiary alicyclic amines) is 1. The van der Waals surface area contributed by atoms with Crippen LogP contribution in [-0.2, 0) is 0 Å². The molecule has 1 aliphatic rings. The number of nitrogens with zero attached hydrogens (tertiary/aromatic N) is 3. The van der Waals surface area contributed by atoms with E-state index in [4.69, 9.17) is 0 Å². The maximum Gasteiger partial charge on any atom is 0.253 e. The third-order valence-corrected chi connectivity index (χ3v) is 6.33. The van der Waals surface area contributed by atoms with Crippen molar-refractivity contribution in [3.63, 3.8) is 0 Å². The molecule has 1 aliphatic heterocycles. The number of hydrogen-bond acceptors (Lipinski definition) is 3. The van der Waals surface area contributed by atoms with Crippen LogP contribution in [0.15, 0.2) is 59.1 Å². The van der Waals surface area contributed by atoms with Crippen molar-refractivity contribution in [2.24, 2.45) is 0 Å². The molecule has 1 atom stereocenters. The molecule has 1 amide bonds. The Kier molecular flexibility index (Phi) is 5.22. The first-order chi connectivity index (χ1) is 13.5. The van der Waals surface area contributed by atoms with Crippen molar-refractivity contribution < 1.29 is 4.79 Å². The number of para-hydroxylation sites is 1. The molecule has 0 radical (unpaired) electrons. The molecule has 4 rings (SSSR count). The highest BCUT2D eigenvalue weighted by atomic mass is 79.9. The first-order valence-corrected chi connectivity index (χ1v) is 10.3. The lowest BCUT2D eigenvalue weighted by atomic mass is 10.2. The fourth-order valence-corrected chi connectivity index (χ4v) is 3.88. The van der Waals surface area contributed by atoms with E-state index in [1.165, 1.54) is 0 Å². The van der Waals surface area contributed by atoms with Crippen LogP contribution in [0.3, 0.4) is 0 Å². The minimum Gasteiger partial charge on any atom is -0.380 e. The van der Waals surface area contributed by atoms with Gasteiger partial charge >= 0.3 is 0 Å². The number of anilines is 1. The summed E-state index contributed by atoms with van der Waals surface area (Å²) in [5, 5.41) is 8.06. The molecule has 6 heteroatoms. The normalized spacial score (nSPS) is 16.4. The summed E-state index contributed by atoms with van der Waals surface area (Å²) < 4.78 is 2.91. The topological polar surface area (TPSA) is 50.2 Å². The van der Waals surface area contributed by atoms with Gasteiger partial charge in [-0.15, -0.1) is 0 Å². The second-order valence-electron chi connectivity index (χ2n) is 7.19. The van der Waals surface area contributed by atoms with Crippen LogP contribution in [-0.4, -0.2) is 39.7 Å². The van der Waals surface area contributed by atoms with Gasteiger partial charge in [-0.05, 0) is 72.6 Å². The molecule has 5 nitrogen and oxygen atoms in total. The number of benzene rings is 2. The Hall–Kier alpha value is -2.60. The molecular weight excluding hydrogens is 416 g/mol. The summed E-state index contributed by atoms with van der Waals surface area (Å²) in [6.07, 6.45) is 0.957. The summed E-state index contributed by atoms with van der Waals surface area (Å²) in [4.78, 5) is 14.8. The Bertz CT molecular complexity index is 982. The summed E-state index contributed by atoms with van der Waals surface area (Å²) in [5.74, 6) is 0.0819. The lowest BCUT2D eigenvalue weighted by molar-refractivity contribution is 0.0791. The molecule has 1 saturated heterocycles. The predicted molar refractivity (Wildman–Crippen MR) is 115 cm³/mol. The van der Waals surface area contributed by atoms with Crippen molar-refractivity contribution in [3.05, 3.63) is 76.0 Å². The Morgan fingerprint density at radius 3 is 2.46 bits per heavy atom. The van der Waals surface area contributed by atoms with Gasteiger partial charge in [0.15, 0.2) is 0 Å². The van der Waals surface area contributed by atoms with Gasteiger partial charge in [-0.2, -0.15) is 5.10 Å². The summed E-state index contributed by atoms with van der Waals surface area (Å²) in [6.45, 7) is 5.49. The van der Waals surface area contributed by atoms with Gasteiger partial charge in [0.1, 0.15) is 0 Å². The molecule has 1 aromatic heterocycles. The summed E-state index contributed by atoms with van der Waals surface area (Å²) >= 11 is 3.56. The van der Waals surface area contributed by atoms with Crippen LogP contribution in [0.1, 0.15) is 28.2 Å². The van der Waals surface area contributed by atoms with Gasteiger partial charge in [0.2, 0.25) is 0 Å². The van der Waals surface area contributed by atoms with Gasteiger partial charge < -0.3 is 10.2 Å². The molecular formula is C22H23BrN4O. The first kappa shape index (κ1) is 18.7. The second-order valence-corrected chi connectivity index (χ2v) is 7.98. The second kappa shape index (κ2) is 7.80. The summed E-state index contributed by atoms with van der Waals surface area (Å²) in [6, 6.07) is 18.1. The highest BCUT2D eigenvalue weighted by Crippen LogP contribution is 2.24. The lowest BCUT2D eigenvalue weighted by Crippen LogP contribution is -2.31. The molecule has 0 spiro atoms. The number of aryl methyl sites for hydroxylation is 1. The number of amides is 1. The molecule has 144 valence electrons. The highest BCUT2D eigenvalue weighted by molar-refractivity contribution is 9.10. The van der Waals surface area contributed by atoms with E-state index >= 15 is 0 Å². The molecule has 0 saturated carbocycles. The van der Waals surface area contributed by atoms with Crippen LogP contribution >= 0.6 is 15.9 Å². The van der Waals surface area contributed by atoms with Gasteiger partial charge in [-0.3, -0.25) is 4.79 Å². The molecule has 1 unspecified atom stereocenters. The van der Waals surface area contributed by atoms with E-state index in [-0.39, 0.29) is 11.9 Å². The minimum atomic E-state index is 0.0819. The van der Waals surface area contributed by atoms with E-state index in [1.807, 2.05) is 65.9 Å². The molecule has 1 N–H and O–H groups in total. The van der Waals surface area contributed by atoms with Crippen molar-refractivity contribution in [3.8, 4) is 5.69 Å². The average Bonchev–Trinajstić information content (AvgIpc) is 3.28. The van der Waals surface area contributed by atoms with Crippen LogP contribution < -0.4 is 5.32 Å². The van der Waals surface area contributed by atoms with E-state index in [0.717, 1.165) is 46.7 Å². The van der Waals surface area contributed by atoms with Crippen LogP contribution in [0.2, 0.25) is 0 Å². The fraction of sp³-hybridized carbons (Fsp3) is 0.273. The minimum absolute atomic E-state index is 0.0819. The van der Waals surface area contributed by atoms with Crippen molar-refractivity contribution in [1.82, 2.24) is 14.7 Å². The zero-order valence-electron chi connectivity index (χ0n) is 16.0. The van der Waals surface area contributed by atoms with Crippen molar-refractivity contribution >= 4 is 27.5 Å². The van der Waals surface area contributed by atoms with Crippen LogP contribution in [0.4, 0.5) is 5.69 Å². The van der Waals surface area contributed by atoms with E-state index in [0.29, 0.717) is 5.56 Å². The third kappa shape index (κ3) is 3.69. The smallest absolute Gasteiger partial charge is 0.253 e. The fourth-order valence-electron chi connectivity index (χ4n) is 3.64. The third-order valence-electron chi connectivity index (χ3n) is 5.18. The molecule has 0 bridgehead atoms. The van der Waals surface area contributed by atoms with Crippen LogP contribution in [0.25, 0.3) is 5.69 Å². The maximum atomic E-state index is 12.9. The molecule has 2 heterocycles. The molecule has 2 aromatic carbocycles. The highest BCUT2D eigenvalue weighted by Gasteiger charge is 2.27. The number of hydrogen-bond donors (Lipinski definition) is 1. The van der Waals surface area contributed by atoms with E-state index in [2.05, 4.69) is 38.5 Å². The average molecular weight is 439 g/mol. The van der Waals surface area contributed by atoms with Gasteiger partial charge in [0.25, 0.3) is 5.91 Å². The molecule has 3 aromatic rings. The zero-order valence-corrected chi connectivity index (χ0v) is 17.6. The predicted octanol–water partition coefficient (Wildman–Crippen LogP) is 4.58. The van der Waals surface area contributed by atoms with Gasteiger partial charge in [0.05, 0.1) is 21.5 Å². The van der Waals surface area contributed by atoms with Gasteiger partial charge in [0, 0.05) is 30.4 Å². The first-order valence-electron chi connectivity index (χ1n) is 9.46. The Morgan fingerprint density at radius 2 is 1.82 bits per heavy atom. The van der Waals surface area contributed by atoms with Gasteiger partial charge in [-0.1, -0.05) is 18.2 Å². The molecule has 0 aliphatic carbocycles. The number of carbonyl (C=O) groups is 1. The Labute approximate surface area is 173 Å². The summed E-state index contributed by atoms with van der Waals surface area (Å²) in [5.41, 5.74) is 4.76. The van der Waals surface area contributed by atoms with E-state index in [1.54, 1.807) is 0 Å². The van der Waals surface area contributed by atoms with Crippen LogP contribution in [0, 0.1) is 13.8 Å². The monoisotopic (exact) mass is 438 g/mol. The van der Waals surface area contributed by atoms with Crippen molar-refractivity contribution in [2.75, 3.05) is 18.4 Å². The van der Waals surface area contributed by atoms with E-state index in [9.17, 15) is 4.79 Å². The maximum absolute atomic E-state index is 12.9. The van der Waals surface area contributed by atoms with Crippen molar-refractivity contribution in [2.45, 2.75) is 26.3 Å². The summed E-state index contributed by atoms with van der Waals surface area (Å²) in [7, 11) is 0. The Balaban J connectivity index is 1.43.